The van der Waals surface area contributed by atoms with E-state index in [1.165, 1.54) is 0 Å². The molecule has 4 N–H and O–H groups in total. The van der Waals surface area contributed by atoms with Gasteiger partial charge in [-0.25, -0.2) is 9.97 Å². The molecular formula is C10H11N5O. The predicted molar refractivity (Wildman–Crippen MR) is 58.4 cm³/mol. The molecule has 0 radical (unpaired) electrons. The topological polar surface area (TPSA) is 96.7 Å². The molecule has 2 heterocycles. The lowest BCUT2D eigenvalue weighted by atomic mass is 10.3. The standard InChI is InChI=1S/C10H11N5O/c11-9-3-1-2-8(15-9)10(16)13-5-7-4-12-6-14-7/h1-4,6H,5H2,(H2,11,15)(H,12,14)(H,13,16). The Hall–Kier alpha value is -2.37. The molecule has 0 saturated carbocycles. The Balaban J connectivity index is 1.98. The maximum Gasteiger partial charge on any atom is 0.270 e. The zero-order chi connectivity index (χ0) is 11.4. The third-order valence-electron chi connectivity index (χ3n) is 2.00. The van der Waals surface area contributed by atoms with E-state index < -0.39 is 0 Å². The Labute approximate surface area is 91.9 Å². The lowest BCUT2D eigenvalue weighted by Gasteiger charge is -2.03. The van der Waals surface area contributed by atoms with Gasteiger partial charge in [-0.3, -0.25) is 4.79 Å². The average Bonchev–Trinajstić information content (AvgIpc) is 2.78. The molecule has 0 aliphatic heterocycles. The minimum absolute atomic E-state index is 0.262. The molecule has 0 unspecified atom stereocenters. The van der Waals surface area contributed by atoms with Gasteiger partial charge in [0.05, 0.1) is 18.6 Å². The van der Waals surface area contributed by atoms with Crippen LogP contribution in [0.15, 0.2) is 30.7 Å². The summed E-state index contributed by atoms with van der Waals surface area (Å²) in [6.07, 6.45) is 3.20. The molecule has 0 fully saturated rings. The molecule has 2 aromatic rings. The van der Waals surface area contributed by atoms with Crippen LogP contribution in [0, 0.1) is 0 Å². The third-order valence-corrected chi connectivity index (χ3v) is 2.00. The van der Waals surface area contributed by atoms with Crippen molar-refractivity contribution in [3.63, 3.8) is 0 Å². The van der Waals surface area contributed by atoms with Gasteiger partial charge in [0.2, 0.25) is 0 Å². The van der Waals surface area contributed by atoms with Gasteiger partial charge in [-0.1, -0.05) is 6.07 Å². The van der Waals surface area contributed by atoms with Crippen molar-refractivity contribution in [3.05, 3.63) is 42.1 Å². The van der Waals surface area contributed by atoms with Crippen molar-refractivity contribution in [2.75, 3.05) is 5.73 Å². The number of carbonyl (C=O) groups excluding carboxylic acids is 1. The number of nitrogen functional groups attached to an aromatic ring is 1. The van der Waals surface area contributed by atoms with Crippen LogP contribution in [0.5, 0.6) is 0 Å². The summed E-state index contributed by atoms with van der Waals surface area (Å²) in [5, 5.41) is 2.70. The number of rotatable bonds is 3. The zero-order valence-electron chi connectivity index (χ0n) is 8.47. The van der Waals surface area contributed by atoms with Gasteiger partial charge in [-0.05, 0) is 12.1 Å². The SMILES string of the molecule is Nc1cccc(C(=O)NCc2cnc[nH]2)n1. The Bertz CT molecular complexity index is 480. The van der Waals surface area contributed by atoms with Crippen molar-refractivity contribution in [1.82, 2.24) is 20.3 Å². The number of hydrogen-bond donors (Lipinski definition) is 3. The summed E-state index contributed by atoms with van der Waals surface area (Å²) in [4.78, 5) is 22.3. The van der Waals surface area contributed by atoms with Crippen molar-refractivity contribution in [1.29, 1.82) is 0 Å². The fourth-order valence-corrected chi connectivity index (χ4v) is 1.23. The first-order valence-electron chi connectivity index (χ1n) is 4.73. The summed E-state index contributed by atoms with van der Waals surface area (Å²) < 4.78 is 0. The second-order valence-electron chi connectivity index (χ2n) is 3.21. The molecule has 0 aromatic carbocycles. The van der Waals surface area contributed by atoms with Crippen molar-refractivity contribution >= 4 is 11.7 Å². The number of aromatic amines is 1. The van der Waals surface area contributed by atoms with Gasteiger partial charge in [0.1, 0.15) is 11.5 Å². The van der Waals surface area contributed by atoms with E-state index in [4.69, 9.17) is 5.73 Å². The van der Waals surface area contributed by atoms with Crippen LogP contribution in [0.4, 0.5) is 5.82 Å². The fraction of sp³-hybridized carbons (Fsp3) is 0.100. The maximum absolute atomic E-state index is 11.6. The van der Waals surface area contributed by atoms with E-state index in [1.807, 2.05) is 0 Å². The van der Waals surface area contributed by atoms with Crippen LogP contribution in [0.2, 0.25) is 0 Å². The van der Waals surface area contributed by atoms with E-state index in [1.54, 1.807) is 30.7 Å². The highest BCUT2D eigenvalue weighted by molar-refractivity contribution is 5.92. The normalized spacial score (nSPS) is 10.0. The number of H-pyrrole nitrogens is 1. The van der Waals surface area contributed by atoms with Gasteiger partial charge in [0, 0.05) is 6.20 Å². The molecule has 0 aliphatic carbocycles. The van der Waals surface area contributed by atoms with Gasteiger partial charge in [-0.15, -0.1) is 0 Å². The summed E-state index contributed by atoms with van der Waals surface area (Å²) in [5.74, 6) is 0.0658. The predicted octanol–water partition coefficient (Wildman–Crippen LogP) is 0.317. The Morgan fingerprint density at radius 1 is 1.50 bits per heavy atom. The first-order valence-corrected chi connectivity index (χ1v) is 4.73. The number of pyridine rings is 1. The number of hydrogen-bond acceptors (Lipinski definition) is 4. The Morgan fingerprint density at radius 2 is 2.38 bits per heavy atom. The molecule has 6 heteroatoms. The summed E-state index contributed by atoms with van der Waals surface area (Å²) in [7, 11) is 0. The van der Waals surface area contributed by atoms with Crippen molar-refractivity contribution in [3.8, 4) is 0 Å². The van der Waals surface area contributed by atoms with Gasteiger partial charge in [0.15, 0.2) is 0 Å². The van der Waals surface area contributed by atoms with E-state index >= 15 is 0 Å². The van der Waals surface area contributed by atoms with Crippen LogP contribution < -0.4 is 11.1 Å². The molecule has 1 amide bonds. The molecule has 2 aromatic heterocycles. The summed E-state index contributed by atoms with van der Waals surface area (Å²) in [6, 6.07) is 4.93. The Morgan fingerprint density at radius 3 is 3.06 bits per heavy atom. The smallest absolute Gasteiger partial charge is 0.270 e. The number of nitrogens with zero attached hydrogens (tertiary/aromatic N) is 2. The summed E-state index contributed by atoms with van der Waals surface area (Å²) >= 11 is 0. The molecule has 16 heavy (non-hydrogen) atoms. The number of nitrogens with one attached hydrogen (secondary N) is 2. The quantitative estimate of drug-likeness (QED) is 0.689. The lowest BCUT2D eigenvalue weighted by molar-refractivity contribution is 0.0945. The molecule has 0 spiro atoms. The van der Waals surface area contributed by atoms with Crippen LogP contribution in [0.25, 0.3) is 0 Å². The van der Waals surface area contributed by atoms with Crippen LogP contribution in [0.1, 0.15) is 16.2 Å². The summed E-state index contributed by atoms with van der Waals surface area (Å²) in [5.41, 5.74) is 6.62. The molecule has 6 nitrogen and oxygen atoms in total. The van der Waals surface area contributed by atoms with E-state index in [-0.39, 0.29) is 5.91 Å². The molecular weight excluding hydrogens is 206 g/mol. The maximum atomic E-state index is 11.6. The number of anilines is 1. The van der Waals surface area contributed by atoms with Crippen molar-refractivity contribution in [2.45, 2.75) is 6.54 Å². The molecule has 0 atom stereocenters. The molecule has 0 bridgehead atoms. The van der Waals surface area contributed by atoms with Crippen molar-refractivity contribution < 1.29 is 4.79 Å². The largest absolute Gasteiger partial charge is 0.384 e. The highest BCUT2D eigenvalue weighted by Crippen LogP contribution is 2.00. The highest BCUT2D eigenvalue weighted by atomic mass is 16.1. The fourth-order valence-electron chi connectivity index (χ4n) is 1.23. The molecule has 2 rings (SSSR count). The number of nitrogens with two attached hydrogens (primary N) is 1. The molecule has 82 valence electrons. The van der Waals surface area contributed by atoms with Gasteiger partial charge in [0.25, 0.3) is 5.91 Å². The monoisotopic (exact) mass is 217 g/mol. The van der Waals surface area contributed by atoms with Crippen LogP contribution >= 0.6 is 0 Å². The van der Waals surface area contributed by atoms with Crippen LogP contribution in [0.3, 0.4) is 0 Å². The average molecular weight is 217 g/mol. The second-order valence-corrected chi connectivity index (χ2v) is 3.21. The molecule has 0 aliphatic rings. The first kappa shape index (κ1) is 10.2. The van der Waals surface area contributed by atoms with Gasteiger partial charge in [-0.2, -0.15) is 0 Å². The van der Waals surface area contributed by atoms with E-state index in [9.17, 15) is 4.79 Å². The van der Waals surface area contributed by atoms with Gasteiger partial charge >= 0.3 is 0 Å². The highest BCUT2D eigenvalue weighted by Gasteiger charge is 2.06. The van der Waals surface area contributed by atoms with Crippen LogP contribution in [-0.2, 0) is 6.54 Å². The van der Waals surface area contributed by atoms with Crippen molar-refractivity contribution in [2.24, 2.45) is 0 Å². The second kappa shape index (κ2) is 4.43. The number of imidazole rings is 1. The van der Waals surface area contributed by atoms with E-state index in [2.05, 4.69) is 20.3 Å². The zero-order valence-corrected chi connectivity index (χ0v) is 8.47. The minimum Gasteiger partial charge on any atom is -0.384 e. The third kappa shape index (κ3) is 2.35. The number of aromatic nitrogens is 3. The summed E-state index contributed by atoms with van der Waals surface area (Å²) in [6.45, 7) is 0.384. The molecule has 0 saturated heterocycles. The van der Waals surface area contributed by atoms with Gasteiger partial charge < -0.3 is 16.0 Å². The van der Waals surface area contributed by atoms with Crippen LogP contribution in [-0.4, -0.2) is 20.9 Å². The van der Waals surface area contributed by atoms with E-state index in [0.29, 0.717) is 18.1 Å². The number of carbonyl (C=O) groups is 1. The number of amides is 1. The first-order chi connectivity index (χ1) is 7.75. The lowest BCUT2D eigenvalue weighted by Crippen LogP contribution is -2.24. The van der Waals surface area contributed by atoms with E-state index in [0.717, 1.165) is 5.69 Å². The minimum atomic E-state index is -0.262. The Kier molecular flexibility index (Phi) is 2.81.